The molecule has 1 aromatic heterocycles. The van der Waals surface area contributed by atoms with E-state index in [4.69, 9.17) is 9.26 Å². The van der Waals surface area contributed by atoms with Gasteiger partial charge in [-0.05, 0) is 24.6 Å². The highest BCUT2D eigenvalue weighted by Crippen LogP contribution is 2.30. The van der Waals surface area contributed by atoms with E-state index in [1.165, 1.54) is 5.56 Å². The third-order valence-corrected chi connectivity index (χ3v) is 3.49. The highest BCUT2D eigenvalue weighted by Gasteiger charge is 2.25. The normalized spacial score (nSPS) is 17.6. The fraction of sp³-hybridized carbons (Fsp3) is 0.467. The topological polar surface area (TPSA) is 60.2 Å². The average molecular weight is 273 g/mol. The highest BCUT2D eigenvalue weighted by molar-refractivity contribution is 5.36. The number of nitrogens with one attached hydrogen (secondary N) is 1. The summed E-state index contributed by atoms with van der Waals surface area (Å²) >= 11 is 0. The van der Waals surface area contributed by atoms with Crippen LogP contribution in [0.1, 0.15) is 30.1 Å². The van der Waals surface area contributed by atoms with Gasteiger partial charge in [-0.3, -0.25) is 0 Å². The zero-order chi connectivity index (χ0) is 13.8. The van der Waals surface area contributed by atoms with E-state index in [1.54, 1.807) is 0 Å². The van der Waals surface area contributed by atoms with E-state index in [2.05, 4.69) is 28.4 Å². The molecule has 3 rings (SSSR count). The Kier molecular flexibility index (Phi) is 3.97. The summed E-state index contributed by atoms with van der Waals surface area (Å²) in [6.07, 6.45) is 1.67. The molecule has 106 valence electrons. The van der Waals surface area contributed by atoms with Gasteiger partial charge < -0.3 is 14.6 Å². The first-order valence-electron chi connectivity index (χ1n) is 7.10. The van der Waals surface area contributed by atoms with Gasteiger partial charge in [-0.1, -0.05) is 30.3 Å². The van der Waals surface area contributed by atoms with Crippen molar-refractivity contribution in [1.82, 2.24) is 15.5 Å². The molecule has 2 aromatic rings. The van der Waals surface area contributed by atoms with E-state index >= 15 is 0 Å². The number of benzene rings is 1. The van der Waals surface area contributed by atoms with Crippen LogP contribution < -0.4 is 10.1 Å². The minimum Gasteiger partial charge on any atom is -0.493 e. The molecule has 1 aliphatic rings. The van der Waals surface area contributed by atoms with Gasteiger partial charge in [0.1, 0.15) is 5.75 Å². The van der Waals surface area contributed by atoms with E-state index in [1.807, 2.05) is 18.2 Å². The molecule has 0 saturated carbocycles. The standard InChI is InChI=1S/C15H19N3O2/c1-2-16-8-7-14-17-15(18-20-14)12-9-11-5-3-4-6-13(11)19-10-12/h3-6,12,16H,2,7-10H2,1H3. The maximum atomic E-state index is 5.76. The first kappa shape index (κ1) is 13.1. The van der Waals surface area contributed by atoms with Crippen LogP contribution >= 0.6 is 0 Å². The van der Waals surface area contributed by atoms with Crippen LogP contribution in [0.25, 0.3) is 0 Å². The molecule has 0 amide bonds. The van der Waals surface area contributed by atoms with E-state index in [0.717, 1.165) is 37.5 Å². The fourth-order valence-corrected chi connectivity index (χ4v) is 2.40. The van der Waals surface area contributed by atoms with Crippen molar-refractivity contribution >= 4 is 0 Å². The summed E-state index contributed by atoms with van der Waals surface area (Å²) in [7, 11) is 0. The maximum absolute atomic E-state index is 5.76. The summed E-state index contributed by atoms with van der Waals surface area (Å²) in [5.41, 5.74) is 1.21. The quantitative estimate of drug-likeness (QED) is 0.844. The molecule has 1 atom stereocenters. The van der Waals surface area contributed by atoms with E-state index < -0.39 is 0 Å². The third-order valence-electron chi connectivity index (χ3n) is 3.49. The number of nitrogens with zero attached hydrogens (tertiary/aromatic N) is 2. The van der Waals surface area contributed by atoms with Gasteiger partial charge in [-0.25, -0.2) is 0 Å². The van der Waals surface area contributed by atoms with Crippen LogP contribution in [0, 0.1) is 0 Å². The molecule has 0 saturated heterocycles. The van der Waals surface area contributed by atoms with Gasteiger partial charge in [-0.15, -0.1) is 0 Å². The number of ether oxygens (including phenoxy) is 1. The number of likely N-dealkylation sites (N-methyl/N-ethyl adjacent to an activating group) is 1. The van der Waals surface area contributed by atoms with E-state index in [9.17, 15) is 0 Å². The smallest absolute Gasteiger partial charge is 0.227 e. The van der Waals surface area contributed by atoms with Crippen LogP contribution in [-0.4, -0.2) is 29.8 Å². The van der Waals surface area contributed by atoms with Crippen LogP contribution in [0.15, 0.2) is 28.8 Å². The summed E-state index contributed by atoms with van der Waals surface area (Å²) < 4.78 is 11.1. The van der Waals surface area contributed by atoms with Crippen molar-refractivity contribution in [2.45, 2.75) is 25.7 Å². The molecule has 5 nitrogen and oxygen atoms in total. The van der Waals surface area contributed by atoms with Gasteiger partial charge in [0.2, 0.25) is 5.89 Å². The SMILES string of the molecule is CCNCCc1nc(C2COc3ccccc3C2)no1. The molecule has 1 aromatic carbocycles. The summed E-state index contributed by atoms with van der Waals surface area (Å²) in [4.78, 5) is 4.48. The lowest BCUT2D eigenvalue weighted by Gasteiger charge is -2.22. The van der Waals surface area contributed by atoms with Crippen molar-refractivity contribution in [3.63, 3.8) is 0 Å². The van der Waals surface area contributed by atoms with Crippen molar-refractivity contribution in [3.8, 4) is 5.75 Å². The number of para-hydroxylation sites is 1. The summed E-state index contributed by atoms with van der Waals surface area (Å²) in [6, 6.07) is 8.12. The minimum absolute atomic E-state index is 0.182. The summed E-state index contributed by atoms with van der Waals surface area (Å²) in [6.45, 7) is 4.51. The number of rotatable bonds is 5. The molecule has 20 heavy (non-hydrogen) atoms. The first-order valence-corrected chi connectivity index (χ1v) is 7.10. The monoisotopic (exact) mass is 273 g/mol. The van der Waals surface area contributed by atoms with Crippen LogP contribution in [0.5, 0.6) is 5.75 Å². The molecule has 0 aliphatic carbocycles. The fourth-order valence-electron chi connectivity index (χ4n) is 2.40. The van der Waals surface area contributed by atoms with Crippen molar-refractivity contribution in [2.75, 3.05) is 19.7 Å². The van der Waals surface area contributed by atoms with Crippen LogP contribution in [-0.2, 0) is 12.8 Å². The molecule has 5 heteroatoms. The van der Waals surface area contributed by atoms with Crippen molar-refractivity contribution in [2.24, 2.45) is 0 Å². The number of hydrogen-bond acceptors (Lipinski definition) is 5. The van der Waals surface area contributed by atoms with Gasteiger partial charge in [0.05, 0.1) is 12.5 Å². The molecule has 1 unspecified atom stereocenters. The lowest BCUT2D eigenvalue weighted by atomic mass is 9.96. The molecule has 2 heterocycles. The van der Waals surface area contributed by atoms with Gasteiger partial charge in [0, 0.05) is 13.0 Å². The second-order valence-electron chi connectivity index (χ2n) is 4.97. The second-order valence-corrected chi connectivity index (χ2v) is 4.97. The minimum atomic E-state index is 0.182. The Hall–Kier alpha value is -1.88. The van der Waals surface area contributed by atoms with Gasteiger partial charge in [-0.2, -0.15) is 4.98 Å². The van der Waals surface area contributed by atoms with Crippen LogP contribution in [0.3, 0.4) is 0 Å². The summed E-state index contributed by atoms with van der Waals surface area (Å²) in [5, 5.41) is 7.34. The maximum Gasteiger partial charge on any atom is 0.227 e. The predicted octanol–water partition coefficient (Wildman–Crippen LogP) is 1.94. The van der Waals surface area contributed by atoms with Gasteiger partial charge in [0.25, 0.3) is 0 Å². The average Bonchev–Trinajstić information content (AvgIpc) is 2.96. The molecular weight excluding hydrogens is 254 g/mol. The Balaban J connectivity index is 1.66. The predicted molar refractivity (Wildman–Crippen MR) is 74.9 cm³/mol. The third kappa shape index (κ3) is 2.82. The Bertz CT molecular complexity index is 568. The Morgan fingerprint density at radius 1 is 1.35 bits per heavy atom. The Morgan fingerprint density at radius 3 is 3.15 bits per heavy atom. The van der Waals surface area contributed by atoms with Crippen molar-refractivity contribution in [3.05, 3.63) is 41.5 Å². The first-order chi connectivity index (χ1) is 9.86. The molecule has 0 spiro atoms. The van der Waals surface area contributed by atoms with E-state index in [-0.39, 0.29) is 5.92 Å². The molecule has 0 radical (unpaired) electrons. The zero-order valence-corrected chi connectivity index (χ0v) is 11.6. The number of hydrogen-bond donors (Lipinski definition) is 1. The Labute approximate surface area is 118 Å². The largest absolute Gasteiger partial charge is 0.493 e. The Morgan fingerprint density at radius 2 is 2.25 bits per heavy atom. The molecular formula is C15H19N3O2. The van der Waals surface area contributed by atoms with Gasteiger partial charge in [0.15, 0.2) is 5.82 Å². The molecule has 0 fully saturated rings. The van der Waals surface area contributed by atoms with E-state index in [0.29, 0.717) is 12.5 Å². The number of aromatic nitrogens is 2. The number of fused-ring (bicyclic) bond motifs is 1. The second kappa shape index (κ2) is 6.05. The van der Waals surface area contributed by atoms with Crippen LogP contribution in [0.4, 0.5) is 0 Å². The van der Waals surface area contributed by atoms with Gasteiger partial charge >= 0.3 is 0 Å². The summed E-state index contributed by atoms with van der Waals surface area (Å²) in [5.74, 6) is 2.60. The zero-order valence-electron chi connectivity index (χ0n) is 11.6. The molecule has 0 bridgehead atoms. The van der Waals surface area contributed by atoms with Crippen molar-refractivity contribution < 1.29 is 9.26 Å². The lowest BCUT2D eigenvalue weighted by Crippen LogP contribution is -2.20. The molecule has 1 N–H and O–H groups in total. The van der Waals surface area contributed by atoms with Crippen molar-refractivity contribution in [1.29, 1.82) is 0 Å². The van der Waals surface area contributed by atoms with Crippen LogP contribution in [0.2, 0.25) is 0 Å². The lowest BCUT2D eigenvalue weighted by molar-refractivity contribution is 0.253. The highest BCUT2D eigenvalue weighted by atomic mass is 16.5. The molecule has 1 aliphatic heterocycles.